The molecular formula is C15H9FN4OS. The standard InChI is InChI=1S/C15H9FN4OS/c16-12-8-10(2-3-13(12)20-6-1-5-18-20)14(21)19-15-11(9-17)4-7-22-15/h1-8H,(H,19,21). The van der Waals surface area contributed by atoms with Gasteiger partial charge in [0.05, 0.1) is 5.56 Å². The van der Waals surface area contributed by atoms with Gasteiger partial charge in [-0.15, -0.1) is 11.3 Å². The third-order valence-corrected chi connectivity index (χ3v) is 3.80. The van der Waals surface area contributed by atoms with E-state index in [1.807, 2.05) is 6.07 Å². The number of thiophene rings is 1. The van der Waals surface area contributed by atoms with Crippen molar-refractivity contribution in [3.63, 3.8) is 0 Å². The number of anilines is 1. The minimum Gasteiger partial charge on any atom is -0.312 e. The van der Waals surface area contributed by atoms with E-state index in [0.717, 1.165) is 6.07 Å². The Kier molecular flexibility index (Phi) is 3.68. The number of nitrogens with zero attached hydrogens (tertiary/aromatic N) is 3. The van der Waals surface area contributed by atoms with Gasteiger partial charge >= 0.3 is 0 Å². The molecule has 0 saturated heterocycles. The number of carbonyl (C=O) groups excluding carboxylic acids is 1. The van der Waals surface area contributed by atoms with Crippen LogP contribution in [0, 0.1) is 17.1 Å². The Balaban J connectivity index is 1.85. The summed E-state index contributed by atoms with van der Waals surface area (Å²) in [7, 11) is 0. The molecule has 0 bridgehead atoms. The van der Waals surface area contributed by atoms with Crippen LogP contribution in [0.2, 0.25) is 0 Å². The van der Waals surface area contributed by atoms with E-state index >= 15 is 0 Å². The zero-order chi connectivity index (χ0) is 15.5. The second kappa shape index (κ2) is 5.79. The molecule has 0 spiro atoms. The number of aromatic nitrogens is 2. The average Bonchev–Trinajstić information content (AvgIpc) is 3.18. The first-order chi connectivity index (χ1) is 10.7. The molecule has 22 heavy (non-hydrogen) atoms. The summed E-state index contributed by atoms with van der Waals surface area (Å²) < 4.78 is 15.5. The van der Waals surface area contributed by atoms with Gasteiger partial charge in [-0.2, -0.15) is 10.4 Å². The summed E-state index contributed by atoms with van der Waals surface area (Å²) in [5.74, 6) is -1.02. The van der Waals surface area contributed by atoms with Crippen LogP contribution in [0.4, 0.5) is 9.39 Å². The Morgan fingerprint density at radius 3 is 2.95 bits per heavy atom. The molecule has 3 rings (SSSR count). The van der Waals surface area contributed by atoms with Gasteiger partial charge in [0.15, 0.2) is 0 Å². The fraction of sp³-hybridized carbons (Fsp3) is 0. The molecule has 1 N–H and O–H groups in total. The second-order valence-electron chi connectivity index (χ2n) is 4.35. The molecule has 7 heteroatoms. The van der Waals surface area contributed by atoms with Gasteiger partial charge < -0.3 is 5.32 Å². The van der Waals surface area contributed by atoms with Crippen molar-refractivity contribution in [2.45, 2.75) is 0 Å². The highest BCUT2D eigenvalue weighted by Gasteiger charge is 2.13. The van der Waals surface area contributed by atoms with Crippen molar-refractivity contribution < 1.29 is 9.18 Å². The van der Waals surface area contributed by atoms with Gasteiger partial charge in [0.1, 0.15) is 22.6 Å². The lowest BCUT2D eigenvalue weighted by Crippen LogP contribution is -2.12. The molecule has 1 aromatic carbocycles. The van der Waals surface area contributed by atoms with Gasteiger partial charge in [0.2, 0.25) is 0 Å². The van der Waals surface area contributed by atoms with Crippen LogP contribution in [0.25, 0.3) is 5.69 Å². The van der Waals surface area contributed by atoms with Crippen molar-refractivity contribution in [1.29, 1.82) is 5.26 Å². The Hall–Kier alpha value is -2.98. The van der Waals surface area contributed by atoms with Crippen molar-refractivity contribution in [1.82, 2.24) is 9.78 Å². The van der Waals surface area contributed by atoms with Crippen molar-refractivity contribution >= 4 is 22.2 Å². The Labute approximate surface area is 129 Å². The number of amides is 1. The minimum atomic E-state index is -0.553. The summed E-state index contributed by atoms with van der Waals surface area (Å²) >= 11 is 1.24. The molecule has 0 aliphatic heterocycles. The summed E-state index contributed by atoms with van der Waals surface area (Å²) in [5.41, 5.74) is 0.813. The average molecular weight is 312 g/mol. The fourth-order valence-electron chi connectivity index (χ4n) is 1.91. The van der Waals surface area contributed by atoms with E-state index < -0.39 is 11.7 Å². The Morgan fingerprint density at radius 2 is 2.27 bits per heavy atom. The highest BCUT2D eigenvalue weighted by atomic mass is 32.1. The van der Waals surface area contributed by atoms with E-state index in [1.165, 1.54) is 28.2 Å². The van der Waals surface area contributed by atoms with E-state index in [1.54, 1.807) is 29.9 Å². The topological polar surface area (TPSA) is 70.7 Å². The fourth-order valence-corrected chi connectivity index (χ4v) is 2.65. The molecular weight excluding hydrogens is 303 g/mol. The predicted molar refractivity (Wildman–Crippen MR) is 80.5 cm³/mol. The third-order valence-electron chi connectivity index (χ3n) is 2.97. The SMILES string of the molecule is N#Cc1ccsc1NC(=O)c1ccc(-n2cccn2)c(F)c1. The van der Waals surface area contributed by atoms with Gasteiger partial charge in [-0.3, -0.25) is 4.79 Å². The number of halogens is 1. The quantitative estimate of drug-likeness (QED) is 0.807. The zero-order valence-corrected chi connectivity index (χ0v) is 12.0. The first-order valence-electron chi connectivity index (χ1n) is 6.27. The molecule has 0 saturated carbocycles. The van der Waals surface area contributed by atoms with Gasteiger partial charge in [-0.25, -0.2) is 9.07 Å². The van der Waals surface area contributed by atoms with E-state index in [-0.39, 0.29) is 11.3 Å². The van der Waals surface area contributed by atoms with Gasteiger partial charge in [-0.1, -0.05) is 0 Å². The number of hydrogen-bond acceptors (Lipinski definition) is 4. The Bertz CT molecular complexity index is 864. The van der Waals surface area contributed by atoms with Crippen LogP contribution < -0.4 is 5.32 Å². The first-order valence-corrected chi connectivity index (χ1v) is 7.15. The van der Waals surface area contributed by atoms with Gasteiger partial charge in [0.25, 0.3) is 5.91 Å². The molecule has 3 aromatic rings. The maximum absolute atomic E-state index is 14.1. The van der Waals surface area contributed by atoms with Crippen LogP contribution in [-0.4, -0.2) is 15.7 Å². The number of nitrogens with one attached hydrogen (secondary N) is 1. The monoisotopic (exact) mass is 312 g/mol. The van der Waals surface area contributed by atoms with Crippen molar-refractivity contribution in [3.8, 4) is 11.8 Å². The van der Waals surface area contributed by atoms with Crippen LogP contribution in [-0.2, 0) is 0 Å². The number of carbonyl (C=O) groups is 1. The number of rotatable bonds is 3. The van der Waals surface area contributed by atoms with Crippen LogP contribution in [0.5, 0.6) is 0 Å². The summed E-state index contributed by atoms with van der Waals surface area (Å²) in [6, 6.07) is 9.41. The number of hydrogen-bond donors (Lipinski definition) is 1. The van der Waals surface area contributed by atoms with Crippen LogP contribution in [0.1, 0.15) is 15.9 Å². The maximum Gasteiger partial charge on any atom is 0.256 e. The maximum atomic E-state index is 14.1. The lowest BCUT2D eigenvalue weighted by Gasteiger charge is -2.07. The van der Waals surface area contributed by atoms with Crippen molar-refractivity contribution in [2.75, 3.05) is 5.32 Å². The van der Waals surface area contributed by atoms with E-state index in [2.05, 4.69) is 10.4 Å². The van der Waals surface area contributed by atoms with Gasteiger partial charge in [-0.05, 0) is 35.7 Å². The molecule has 108 valence electrons. The van der Waals surface area contributed by atoms with E-state index in [0.29, 0.717) is 10.6 Å². The Morgan fingerprint density at radius 1 is 1.41 bits per heavy atom. The van der Waals surface area contributed by atoms with E-state index in [9.17, 15) is 9.18 Å². The molecule has 0 fully saturated rings. The normalized spacial score (nSPS) is 10.2. The molecule has 2 heterocycles. The zero-order valence-electron chi connectivity index (χ0n) is 11.2. The van der Waals surface area contributed by atoms with Crippen LogP contribution in [0.3, 0.4) is 0 Å². The van der Waals surface area contributed by atoms with Crippen LogP contribution in [0.15, 0.2) is 48.1 Å². The second-order valence-corrected chi connectivity index (χ2v) is 5.26. The summed E-state index contributed by atoms with van der Waals surface area (Å²) in [4.78, 5) is 12.1. The molecule has 0 aliphatic rings. The molecule has 0 aliphatic carbocycles. The highest BCUT2D eigenvalue weighted by Crippen LogP contribution is 2.23. The van der Waals surface area contributed by atoms with Gasteiger partial charge in [0, 0.05) is 18.0 Å². The largest absolute Gasteiger partial charge is 0.312 e. The molecule has 0 atom stereocenters. The van der Waals surface area contributed by atoms with E-state index in [4.69, 9.17) is 5.26 Å². The molecule has 0 unspecified atom stereocenters. The smallest absolute Gasteiger partial charge is 0.256 e. The van der Waals surface area contributed by atoms with Crippen molar-refractivity contribution in [2.24, 2.45) is 0 Å². The predicted octanol–water partition coefficient (Wildman–Crippen LogP) is 3.20. The first kappa shape index (κ1) is 14.0. The number of benzene rings is 1. The third kappa shape index (κ3) is 2.60. The summed E-state index contributed by atoms with van der Waals surface area (Å²) in [6.45, 7) is 0. The van der Waals surface area contributed by atoms with Crippen molar-refractivity contribution in [3.05, 3.63) is 65.0 Å². The molecule has 0 radical (unpaired) electrons. The lowest BCUT2D eigenvalue weighted by molar-refractivity contribution is 0.102. The number of nitriles is 1. The van der Waals surface area contributed by atoms with Crippen LogP contribution >= 0.6 is 11.3 Å². The highest BCUT2D eigenvalue weighted by molar-refractivity contribution is 7.14. The lowest BCUT2D eigenvalue weighted by atomic mass is 10.2. The summed E-state index contributed by atoms with van der Waals surface area (Å²) in [5, 5.41) is 17.6. The minimum absolute atomic E-state index is 0.172. The summed E-state index contributed by atoms with van der Waals surface area (Å²) in [6.07, 6.45) is 3.16. The molecule has 1 amide bonds. The molecule has 2 aromatic heterocycles. The molecule has 5 nitrogen and oxygen atoms in total.